The Kier molecular flexibility index (Phi) is 7.64. The first-order chi connectivity index (χ1) is 27.7. The van der Waals surface area contributed by atoms with E-state index in [1.807, 2.05) is 72.0 Å². The molecule has 0 spiro atoms. The second kappa shape index (κ2) is 13.3. The van der Waals surface area contributed by atoms with Gasteiger partial charge in [0.05, 0.1) is 11.0 Å². The molecule has 0 aliphatic carbocycles. The van der Waals surface area contributed by atoms with E-state index in [-0.39, 0.29) is 0 Å². The van der Waals surface area contributed by atoms with Crippen molar-refractivity contribution in [3.8, 4) is 62.1 Å². The third-order valence-corrected chi connectivity index (χ3v) is 11.8. The lowest BCUT2D eigenvalue weighted by molar-refractivity contribution is 1.07. The van der Waals surface area contributed by atoms with Crippen molar-refractivity contribution < 1.29 is 0 Å². The summed E-state index contributed by atoms with van der Waals surface area (Å²) in [6.45, 7) is 0. The molecule has 0 bridgehead atoms. The topological polar surface area (TPSA) is 43.6 Å². The Morgan fingerprint density at radius 3 is 1.39 bits per heavy atom. The zero-order valence-electron chi connectivity index (χ0n) is 30.2. The molecule has 11 rings (SSSR count). The standard InChI is InChI=1S/C51H32N4S/c1-4-13-33(14-5-1)49-52-50(34-15-6-2-7-16-34)54-51(53-49)39-25-28-48-44(32-39)43-31-38(24-27-47(43)56-48)36-18-12-17-35(29-36)37-23-26-46-42(30-37)41-21-10-11-22-45(41)55(46)40-19-8-3-9-20-40/h1-32H. The molecule has 0 unspecified atom stereocenters. The second-order valence-corrected chi connectivity index (χ2v) is 15.1. The van der Waals surface area contributed by atoms with Gasteiger partial charge in [-0.25, -0.2) is 15.0 Å². The van der Waals surface area contributed by atoms with Crippen molar-refractivity contribution in [3.63, 3.8) is 0 Å². The fourth-order valence-corrected chi connectivity index (χ4v) is 8.99. The summed E-state index contributed by atoms with van der Waals surface area (Å²) in [6, 6.07) is 68.8. The predicted molar refractivity (Wildman–Crippen MR) is 234 cm³/mol. The van der Waals surface area contributed by atoms with Crippen LogP contribution in [0.25, 0.3) is 104 Å². The summed E-state index contributed by atoms with van der Waals surface area (Å²) in [5.74, 6) is 1.98. The summed E-state index contributed by atoms with van der Waals surface area (Å²) in [5, 5.41) is 4.93. The molecule has 0 radical (unpaired) electrons. The molecule has 0 fully saturated rings. The molecule has 4 nitrogen and oxygen atoms in total. The van der Waals surface area contributed by atoms with E-state index in [0.717, 1.165) is 16.7 Å². The molecule has 0 aliphatic rings. The van der Waals surface area contributed by atoms with Crippen molar-refractivity contribution in [3.05, 3.63) is 194 Å². The van der Waals surface area contributed by atoms with Crippen molar-refractivity contribution in [1.82, 2.24) is 19.5 Å². The molecule has 3 aromatic heterocycles. The third-order valence-electron chi connectivity index (χ3n) is 10.6. The van der Waals surface area contributed by atoms with Crippen LogP contribution in [-0.2, 0) is 0 Å². The molecule has 0 atom stereocenters. The largest absolute Gasteiger partial charge is 0.309 e. The number of hydrogen-bond acceptors (Lipinski definition) is 4. The first-order valence-electron chi connectivity index (χ1n) is 18.8. The molecule has 262 valence electrons. The quantitative estimate of drug-likeness (QED) is 0.171. The molecule has 11 aromatic rings. The van der Waals surface area contributed by atoms with Crippen LogP contribution in [0.15, 0.2) is 194 Å². The molecule has 8 aromatic carbocycles. The summed E-state index contributed by atoms with van der Waals surface area (Å²) in [4.78, 5) is 14.9. The smallest absolute Gasteiger partial charge is 0.164 e. The van der Waals surface area contributed by atoms with E-state index in [9.17, 15) is 0 Å². The van der Waals surface area contributed by atoms with E-state index in [2.05, 4.69) is 138 Å². The lowest BCUT2D eigenvalue weighted by Gasteiger charge is -2.09. The lowest BCUT2D eigenvalue weighted by atomic mass is 9.97. The van der Waals surface area contributed by atoms with E-state index in [1.165, 1.54) is 69.9 Å². The summed E-state index contributed by atoms with van der Waals surface area (Å²) in [7, 11) is 0. The number of aromatic nitrogens is 4. The molecule has 5 heteroatoms. The van der Waals surface area contributed by atoms with Crippen LogP contribution >= 0.6 is 11.3 Å². The minimum atomic E-state index is 0.659. The van der Waals surface area contributed by atoms with Gasteiger partial charge in [-0.05, 0) is 89.0 Å². The summed E-state index contributed by atoms with van der Waals surface area (Å²) in [5.41, 5.74) is 11.2. The number of fused-ring (bicyclic) bond motifs is 6. The second-order valence-electron chi connectivity index (χ2n) is 14.1. The Balaban J connectivity index is 0.995. The fraction of sp³-hybridized carbons (Fsp3) is 0. The van der Waals surface area contributed by atoms with Gasteiger partial charge in [0.2, 0.25) is 0 Å². The van der Waals surface area contributed by atoms with E-state index in [1.54, 1.807) is 0 Å². The van der Waals surface area contributed by atoms with Gasteiger partial charge in [-0.3, -0.25) is 0 Å². The maximum Gasteiger partial charge on any atom is 0.164 e. The number of hydrogen-bond donors (Lipinski definition) is 0. The molecule has 0 amide bonds. The number of thiophene rings is 1. The Morgan fingerprint density at radius 2 is 0.750 bits per heavy atom. The van der Waals surface area contributed by atoms with Gasteiger partial charge in [0, 0.05) is 53.3 Å². The molecule has 0 saturated heterocycles. The zero-order chi connectivity index (χ0) is 37.0. The molecule has 56 heavy (non-hydrogen) atoms. The predicted octanol–water partition coefficient (Wildman–Crippen LogP) is 13.7. The molecular weight excluding hydrogens is 701 g/mol. The minimum absolute atomic E-state index is 0.659. The first kappa shape index (κ1) is 32.2. The highest BCUT2D eigenvalue weighted by molar-refractivity contribution is 7.25. The average molecular weight is 733 g/mol. The van der Waals surface area contributed by atoms with Crippen molar-refractivity contribution in [2.75, 3.05) is 0 Å². The van der Waals surface area contributed by atoms with Gasteiger partial charge in [0.15, 0.2) is 17.5 Å². The summed E-state index contributed by atoms with van der Waals surface area (Å²) >= 11 is 1.82. The van der Waals surface area contributed by atoms with Crippen LogP contribution in [0.2, 0.25) is 0 Å². The Labute approximate surface area is 327 Å². The van der Waals surface area contributed by atoms with E-state index >= 15 is 0 Å². The van der Waals surface area contributed by atoms with E-state index in [0.29, 0.717) is 17.5 Å². The number of nitrogens with zero attached hydrogens (tertiary/aromatic N) is 4. The molecular formula is C51H32N4S. The van der Waals surface area contributed by atoms with Gasteiger partial charge in [0.1, 0.15) is 0 Å². The highest BCUT2D eigenvalue weighted by Gasteiger charge is 2.16. The van der Waals surface area contributed by atoms with Crippen molar-refractivity contribution in [1.29, 1.82) is 0 Å². The van der Waals surface area contributed by atoms with Crippen LogP contribution < -0.4 is 0 Å². The van der Waals surface area contributed by atoms with Gasteiger partial charge < -0.3 is 4.57 Å². The van der Waals surface area contributed by atoms with Crippen LogP contribution in [0, 0.1) is 0 Å². The summed E-state index contributed by atoms with van der Waals surface area (Å²) in [6.07, 6.45) is 0. The molecule has 3 heterocycles. The molecule has 0 saturated carbocycles. The monoisotopic (exact) mass is 732 g/mol. The Hall–Kier alpha value is -7.21. The lowest BCUT2D eigenvalue weighted by Crippen LogP contribution is -2.00. The Bertz CT molecular complexity index is 3180. The van der Waals surface area contributed by atoms with Gasteiger partial charge in [0.25, 0.3) is 0 Å². The summed E-state index contributed by atoms with van der Waals surface area (Å²) < 4.78 is 4.85. The first-order valence-corrected chi connectivity index (χ1v) is 19.6. The highest BCUT2D eigenvalue weighted by atomic mass is 32.1. The van der Waals surface area contributed by atoms with Crippen molar-refractivity contribution in [2.24, 2.45) is 0 Å². The minimum Gasteiger partial charge on any atom is -0.309 e. The van der Waals surface area contributed by atoms with Crippen LogP contribution in [0.1, 0.15) is 0 Å². The van der Waals surface area contributed by atoms with Crippen molar-refractivity contribution >= 4 is 53.3 Å². The number of rotatable bonds is 6. The van der Waals surface area contributed by atoms with E-state index in [4.69, 9.17) is 15.0 Å². The van der Waals surface area contributed by atoms with Gasteiger partial charge >= 0.3 is 0 Å². The van der Waals surface area contributed by atoms with Crippen LogP contribution in [0.3, 0.4) is 0 Å². The zero-order valence-corrected chi connectivity index (χ0v) is 31.0. The highest BCUT2D eigenvalue weighted by Crippen LogP contribution is 2.40. The van der Waals surface area contributed by atoms with Gasteiger partial charge in [-0.15, -0.1) is 11.3 Å². The van der Waals surface area contributed by atoms with Gasteiger partial charge in [-0.1, -0.05) is 127 Å². The SMILES string of the molecule is c1ccc(-c2nc(-c3ccccc3)nc(-c3ccc4sc5ccc(-c6cccc(-c7ccc8c(c7)c7ccccc7n8-c7ccccc7)c6)cc5c4c3)n2)cc1. The van der Waals surface area contributed by atoms with Crippen LogP contribution in [0.4, 0.5) is 0 Å². The van der Waals surface area contributed by atoms with Crippen LogP contribution in [0.5, 0.6) is 0 Å². The fourth-order valence-electron chi connectivity index (χ4n) is 7.92. The van der Waals surface area contributed by atoms with E-state index < -0.39 is 0 Å². The number of benzene rings is 8. The molecule has 0 aliphatic heterocycles. The Morgan fingerprint density at radius 1 is 0.304 bits per heavy atom. The number of para-hydroxylation sites is 2. The maximum absolute atomic E-state index is 5.01. The normalized spacial score (nSPS) is 11.6. The average Bonchev–Trinajstić information content (AvgIpc) is 3.82. The van der Waals surface area contributed by atoms with Gasteiger partial charge in [-0.2, -0.15) is 0 Å². The van der Waals surface area contributed by atoms with Crippen LogP contribution in [-0.4, -0.2) is 19.5 Å². The maximum atomic E-state index is 5.01. The van der Waals surface area contributed by atoms with Crippen molar-refractivity contribution in [2.45, 2.75) is 0 Å². The third kappa shape index (κ3) is 5.56. The molecule has 0 N–H and O–H groups in total.